The molecule has 27 heavy (non-hydrogen) atoms. The van der Waals surface area contributed by atoms with Gasteiger partial charge in [0.1, 0.15) is 17.7 Å². The van der Waals surface area contributed by atoms with Crippen LogP contribution in [0.4, 0.5) is 15.8 Å². The first-order valence-electron chi connectivity index (χ1n) is 8.44. The number of rotatable bonds is 4. The molecule has 3 heterocycles. The Morgan fingerprint density at radius 2 is 2.22 bits per heavy atom. The summed E-state index contributed by atoms with van der Waals surface area (Å²) in [5.74, 6) is -0.167. The fourth-order valence-corrected chi connectivity index (χ4v) is 3.13. The molecule has 2 aromatic heterocycles. The number of nitrogens with zero attached hydrogens (tertiary/aromatic N) is 3. The van der Waals surface area contributed by atoms with Gasteiger partial charge in [-0.05, 0) is 31.2 Å². The molecule has 0 bridgehead atoms. The number of nitrogens with one attached hydrogen (secondary N) is 2. The maximum Gasteiger partial charge on any atom is 0.214 e. The average molecular weight is 384 g/mol. The maximum absolute atomic E-state index is 14.3. The highest BCUT2D eigenvalue weighted by atomic mass is 35.5. The van der Waals surface area contributed by atoms with Gasteiger partial charge in [0, 0.05) is 18.8 Å². The summed E-state index contributed by atoms with van der Waals surface area (Å²) in [7, 11) is 0. The molecule has 0 unspecified atom stereocenters. The van der Waals surface area contributed by atoms with Gasteiger partial charge in [-0.1, -0.05) is 17.7 Å². The van der Waals surface area contributed by atoms with E-state index in [1.165, 1.54) is 12.3 Å². The second-order valence-electron chi connectivity index (χ2n) is 6.13. The van der Waals surface area contributed by atoms with E-state index in [1.807, 2.05) is 0 Å². The quantitative estimate of drug-likeness (QED) is 0.713. The second kappa shape index (κ2) is 7.35. The van der Waals surface area contributed by atoms with E-state index in [0.29, 0.717) is 22.6 Å². The molecule has 2 N–H and O–H groups in total. The van der Waals surface area contributed by atoms with Crippen molar-refractivity contribution >= 4 is 34.0 Å². The third-order valence-corrected chi connectivity index (χ3v) is 4.61. The summed E-state index contributed by atoms with van der Waals surface area (Å²) in [4.78, 5) is 8.77. The summed E-state index contributed by atoms with van der Waals surface area (Å²) in [6, 6.07) is 10.2. The molecule has 0 spiro atoms. The summed E-state index contributed by atoms with van der Waals surface area (Å²) >= 11 is 5.86. The van der Waals surface area contributed by atoms with Gasteiger partial charge in [0.25, 0.3) is 0 Å². The van der Waals surface area contributed by atoms with Crippen molar-refractivity contribution in [3.05, 3.63) is 52.9 Å². The largest absolute Gasteiger partial charge is 0.473 e. The molecule has 0 aliphatic carbocycles. The molecule has 8 heteroatoms. The van der Waals surface area contributed by atoms with Crippen molar-refractivity contribution < 1.29 is 9.13 Å². The molecule has 0 radical (unpaired) electrons. The number of aromatic nitrogens is 2. The van der Waals surface area contributed by atoms with Gasteiger partial charge < -0.3 is 15.4 Å². The number of pyridine rings is 2. The zero-order chi connectivity index (χ0) is 18.8. The molecule has 1 fully saturated rings. The molecule has 6 nitrogen and oxygen atoms in total. The molecule has 1 aliphatic heterocycles. The summed E-state index contributed by atoms with van der Waals surface area (Å²) in [6.07, 6.45) is 2.37. The fourth-order valence-electron chi connectivity index (χ4n) is 2.96. The van der Waals surface area contributed by atoms with Crippen LogP contribution in [0.25, 0.3) is 11.0 Å². The Balaban J connectivity index is 1.78. The average Bonchev–Trinajstić information content (AvgIpc) is 3.18. The number of benzene rings is 1. The van der Waals surface area contributed by atoms with E-state index >= 15 is 0 Å². The van der Waals surface area contributed by atoms with Gasteiger partial charge in [-0.3, -0.25) is 4.98 Å². The Morgan fingerprint density at radius 1 is 1.33 bits per heavy atom. The van der Waals surface area contributed by atoms with E-state index in [1.54, 1.807) is 24.3 Å². The normalized spacial score (nSPS) is 16.3. The Kier molecular flexibility index (Phi) is 4.75. The first-order chi connectivity index (χ1) is 13.2. The maximum atomic E-state index is 14.3. The summed E-state index contributed by atoms with van der Waals surface area (Å²) < 4.78 is 20.2. The Morgan fingerprint density at radius 3 is 3.00 bits per heavy atom. The Hall–Kier alpha value is -2.95. The van der Waals surface area contributed by atoms with Gasteiger partial charge in [-0.2, -0.15) is 5.26 Å². The van der Waals surface area contributed by atoms with Gasteiger partial charge in [0.05, 0.1) is 27.5 Å². The van der Waals surface area contributed by atoms with Crippen LogP contribution in [-0.4, -0.2) is 29.2 Å². The van der Waals surface area contributed by atoms with E-state index in [-0.39, 0.29) is 22.4 Å². The number of nitriles is 1. The zero-order valence-electron chi connectivity index (χ0n) is 14.2. The molecule has 1 aliphatic rings. The van der Waals surface area contributed by atoms with Gasteiger partial charge in [-0.15, -0.1) is 0 Å². The monoisotopic (exact) mass is 383 g/mol. The minimum absolute atomic E-state index is 0.0115. The van der Waals surface area contributed by atoms with Crippen LogP contribution in [0.2, 0.25) is 5.02 Å². The topological polar surface area (TPSA) is 82.9 Å². The zero-order valence-corrected chi connectivity index (χ0v) is 14.9. The third kappa shape index (κ3) is 3.50. The number of ether oxygens (including phenoxy) is 1. The van der Waals surface area contributed by atoms with Crippen LogP contribution >= 0.6 is 11.6 Å². The predicted molar refractivity (Wildman–Crippen MR) is 101 cm³/mol. The van der Waals surface area contributed by atoms with E-state index in [9.17, 15) is 9.65 Å². The molecule has 3 aromatic rings. The minimum atomic E-state index is -0.600. The summed E-state index contributed by atoms with van der Waals surface area (Å²) in [5, 5.41) is 15.6. The minimum Gasteiger partial charge on any atom is -0.473 e. The number of halogens is 2. The van der Waals surface area contributed by atoms with Gasteiger partial charge >= 0.3 is 0 Å². The molecule has 1 aromatic carbocycles. The Bertz CT molecular complexity index is 1050. The van der Waals surface area contributed by atoms with E-state index in [0.717, 1.165) is 19.5 Å². The standard InChI is InChI=1S/C19H15ClFN5O/c20-13-2-1-3-14(17(13)21)25-18-11(8-22)9-24-15-4-5-16(26-19(15)18)27-12-6-7-23-10-12/h1-5,9,12,23H,6-7,10H2,(H,24,25)/t12-/m0/s1. The summed E-state index contributed by atoms with van der Waals surface area (Å²) in [5.41, 5.74) is 1.75. The fraction of sp³-hybridized carbons (Fsp3) is 0.211. The molecule has 1 saturated heterocycles. The number of anilines is 2. The van der Waals surface area contributed by atoms with Gasteiger partial charge in [-0.25, -0.2) is 9.37 Å². The van der Waals surface area contributed by atoms with Crippen LogP contribution in [0.3, 0.4) is 0 Å². The lowest BCUT2D eigenvalue weighted by molar-refractivity contribution is 0.215. The van der Waals surface area contributed by atoms with Gasteiger partial charge in [0.2, 0.25) is 5.88 Å². The first-order valence-corrected chi connectivity index (χ1v) is 8.82. The van der Waals surface area contributed by atoms with Crippen molar-refractivity contribution in [1.29, 1.82) is 5.26 Å². The van der Waals surface area contributed by atoms with E-state index in [2.05, 4.69) is 26.7 Å². The molecule has 4 rings (SSSR count). The molecule has 0 amide bonds. The van der Waals surface area contributed by atoms with E-state index in [4.69, 9.17) is 16.3 Å². The SMILES string of the molecule is N#Cc1cnc2ccc(O[C@H]3CCNC3)nc2c1Nc1cccc(Cl)c1F. The molecule has 1 atom stereocenters. The highest BCUT2D eigenvalue weighted by Gasteiger charge is 2.18. The van der Waals surface area contributed by atoms with Crippen LogP contribution in [0.1, 0.15) is 12.0 Å². The van der Waals surface area contributed by atoms with Crippen molar-refractivity contribution in [2.75, 3.05) is 18.4 Å². The highest BCUT2D eigenvalue weighted by molar-refractivity contribution is 6.31. The lowest BCUT2D eigenvalue weighted by Gasteiger charge is -2.14. The number of fused-ring (bicyclic) bond motifs is 1. The van der Waals surface area contributed by atoms with Crippen LogP contribution in [0.15, 0.2) is 36.5 Å². The van der Waals surface area contributed by atoms with Crippen molar-refractivity contribution in [2.24, 2.45) is 0 Å². The molecular weight excluding hydrogens is 369 g/mol. The predicted octanol–water partition coefficient (Wildman–Crippen LogP) is 3.78. The smallest absolute Gasteiger partial charge is 0.214 e. The van der Waals surface area contributed by atoms with Crippen LogP contribution < -0.4 is 15.4 Å². The molecule has 0 saturated carbocycles. The van der Waals surface area contributed by atoms with E-state index < -0.39 is 5.82 Å². The van der Waals surface area contributed by atoms with Crippen molar-refractivity contribution in [2.45, 2.75) is 12.5 Å². The molecular formula is C19H15ClFN5O. The number of hydrogen-bond donors (Lipinski definition) is 2. The number of hydrogen-bond acceptors (Lipinski definition) is 6. The summed E-state index contributed by atoms with van der Waals surface area (Å²) in [6.45, 7) is 1.66. The molecule has 136 valence electrons. The lowest BCUT2D eigenvalue weighted by Crippen LogP contribution is -2.20. The lowest BCUT2D eigenvalue weighted by atomic mass is 10.2. The van der Waals surface area contributed by atoms with Gasteiger partial charge in [0.15, 0.2) is 5.82 Å². The Labute approximate surface area is 160 Å². The third-order valence-electron chi connectivity index (χ3n) is 4.32. The highest BCUT2D eigenvalue weighted by Crippen LogP contribution is 2.31. The van der Waals surface area contributed by atoms with Crippen molar-refractivity contribution in [1.82, 2.24) is 15.3 Å². The van der Waals surface area contributed by atoms with Crippen molar-refractivity contribution in [3.63, 3.8) is 0 Å². The van der Waals surface area contributed by atoms with Crippen molar-refractivity contribution in [3.8, 4) is 11.9 Å². The van der Waals surface area contributed by atoms with Crippen LogP contribution in [0, 0.1) is 17.1 Å². The van der Waals surface area contributed by atoms with Crippen LogP contribution in [0.5, 0.6) is 5.88 Å². The first kappa shape index (κ1) is 17.5. The van der Waals surface area contributed by atoms with Crippen LogP contribution in [-0.2, 0) is 0 Å². The second-order valence-corrected chi connectivity index (χ2v) is 6.54.